The van der Waals surface area contributed by atoms with E-state index in [1.165, 1.54) is 10.8 Å². The van der Waals surface area contributed by atoms with Crippen molar-refractivity contribution in [2.45, 2.75) is 23.9 Å². The number of nitrogens with one attached hydrogen (secondary N) is 1. The van der Waals surface area contributed by atoms with Crippen LogP contribution in [0.4, 0.5) is 5.69 Å². The van der Waals surface area contributed by atoms with E-state index in [-0.39, 0.29) is 18.0 Å². The number of carbonyl (C=O) groups excluding carboxylic acids is 1. The molecule has 0 bridgehead atoms. The van der Waals surface area contributed by atoms with Gasteiger partial charge in [-0.3, -0.25) is 14.2 Å². The zero-order valence-electron chi connectivity index (χ0n) is 16.9. The van der Waals surface area contributed by atoms with E-state index in [1.54, 1.807) is 61.5 Å². The van der Waals surface area contributed by atoms with Crippen molar-refractivity contribution in [2.24, 2.45) is 0 Å². The molecule has 1 unspecified atom stereocenters. The highest BCUT2D eigenvalue weighted by atomic mass is 35.5. The molecule has 9 heteroatoms. The van der Waals surface area contributed by atoms with Gasteiger partial charge in [0.05, 0.1) is 40.2 Å². The lowest BCUT2D eigenvalue weighted by Gasteiger charge is -2.16. The number of anilines is 1. The van der Waals surface area contributed by atoms with Gasteiger partial charge < -0.3 is 9.73 Å². The Labute approximate surface area is 192 Å². The summed E-state index contributed by atoms with van der Waals surface area (Å²) in [7, 11) is 0. The van der Waals surface area contributed by atoms with Gasteiger partial charge in [-0.05, 0) is 49.4 Å². The van der Waals surface area contributed by atoms with Crippen molar-refractivity contribution in [1.29, 1.82) is 5.26 Å². The molecular formula is C23H17ClN4O3S. The zero-order chi connectivity index (χ0) is 22.7. The summed E-state index contributed by atoms with van der Waals surface area (Å²) in [4.78, 5) is 30.6. The van der Waals surface area contributed by atoms with Crippen LogP contribution in [0.25, 0.3) is 10.9 Å². The summed E-state index contributed by atoms with van der Waals surface area (Å²) in [5, 5.41) is 12.7. The molecule has 0 aliphatic heterocycles. The summed E-state index contributed by atoms with van der Waals surface area (Å²) in [5.41, 5.74) is 0.987. The monoisotopic (exact) mass is 464 g/mol. The first-order valence-electron chi connectivity index (χ1n) is 9.65. The smallest absolute Gasteiger partial charge is 0.262 e. The van der Waals surface area contributed by atoms with Gasteiger partial charge in [-0.25, -0.2) is 4.98 Å². The van der Waals surface area contributed by atoms with E-state index in [0.717, 1.165) is 11.8 Å². The lowest BCUT2D eigenvalue weighted by molar-refractivity contribution is -0.115. The Morgan fingerprint density at radius 2 is 2.09 bits per heavy atom. The number of rotatable bonds is 6. The molecular weight excluding hydrogens is 448 g/mol. The van der Waals surface area contributed by atoms with Crippen molar-refractivity contribution in [3.63, 3.8) is 0 Å². The number of thioether (sulfide) groups is 1. The largest absolute Gasteiger partial charge is 0.467 e. The molecule has 0 saturated carbocycles. The molecule has 4 rings (SSSR count). The molecule has 2 heterocycles. The third-order valence-corrected chi connectivity index (χ3v) is 6.06. The van der Waals surface area contributed by atoms with E-state index in [4.69, 9.17) is 16.0 Å². The molecule has 7 nitrogen and oxygen atoms in total. The standard InChI is InChI=1S/C23H17ClN4O3S/c1-14(21(29)26-19-7-3-2-5-15(19)12-25)32-23-27-20-11-16(24)8-9-18(20)22(30)28(23)13-17-6-4-10-31-17/h2-11,14H,13H2,1H3,(H,26,29). The number of aromatic nitrogens is 2. The molecule has 1 N–H and O–H groups in total. The minimum atomic E-state index is -0.604. The molecule has 2 aromatic heterocycles. The van der Waals surface area contributed by atoms with Crippen LogP contribution in [-0.2, 0) is 11.3 Å². The van der Waals surface area contributed by atoms with E-state index in [9.17, 15) is 14.9 Å². The molecule has 0 aliphatic rings. The number of para-hydroxylation sites is 1. The van der Waals surface area contributed by atoms with Gasteiger partial charge in [0.15, 0.2) is 5.16 Å². The van der Waals surface area contributed by atoms with Crippen LogP contribution in [0.5, 0.6) is 0 Å². The highest BCUT2D eigenvalue weighted by Gasteiger charge is 2.21. The molecule has 0 fully saturated rings. The lowest BCUT2D eigenvalue weighted by Crippen LogP contribution is -2.27. The van der Waals surface area contributed by atoms with Crippen LogP contribution in [0, 0.1) is 11.3 Å². The van der Waals surface area contributed by atoms with Crippen molar-refractivity contribution in [3.8, 4) is 6.07 Å². The number of nitriles is 1. The Hall–Kier alpha value is -3.54. The number of furan rings is 1. The number of halogens is 1. The Balaban J connectivity index is 1.68. The molecule has 2 aromatic carbocycles. The Morgan fingerprint density at radius 3 is 2.84 bits per heavy atom. The summed E-state index contributed by atoms with van der Waals surface area (Å²) < 4.78 is 6.89. The number of carbonyl (C=O) groups is 1. The molecule has 0 spiro atoms. The fraction of sp³-hybridized carbons (Fsp3) is 0.130. The normalized spacial score (nSPS) is 11.8. The predicted molar refractivity (Wildman–Crippen MR) is 124 cm³/mol. The zero-order valence-corrected chi connectivity index (χ0v) is 18.5. The lowest BCUT2D eigenvalue weighted by atomic mass is 10.2. The Bertz CT molecular complexity index is 1390. The second kappa shape index (κ2) is 9.30. The second-order valence-corrected chi connectivity index (χ2v) is 8.68. The summed E-state index contributed by atoms with van der Waals surface area (Å²) in [6, 6.07) is 17.2. The molecule has 4 aromatic rings. The van der Waals surface area contributed by atoms with Gasteiger partial charge in [0.1, 0.15) is 11.8 Å². The average molecular weight is 465 g/mol. The van der Waals surface area contributed by atoms with E-state index in [1.807, 2.05) is 0 Å². The maximum Gasteiger partial charge on any atom is 0.262 e. The topological polar surface area (TPSA) is 101 Å². The maximum atomic E-state index is 13.2. The van der Waals surface area contributed by atoms with Crippen LogP contribution >= 0.6 is 23.4 Å². The molecule has 0 saturated heterocycles. The third-order valence-electron chi connectivity index (χ3n) is 4.73. The third kappa shape index (κ3) is 4.54. The van der Waals surface area contributed by atoms with Gasteiger partial charge >= 0.3 is 0 Å². The first-order valence-corrected chi connectivity index (χ1v) is 10.9. The fourth-order valence-electron chi connectivity index (χ4n) is 3.10. The maximum absolute atomic E-state index is 13.2. The number of benzene rings is 2. The number of nitrogens with zero attached hydrogens (tertiary/aromatic N) is 3. The summed E-state index contributed by atoms with van der Waals surface area (Å²) >= 11 is 7.23. The van der Waals surface area contributed by atoms with Gasteiger partial charge in [-0.1, -0.05) is 35.5 Å². The number of hydrogen-bond acceptors (Lipinski definition) is 6. The number of amides is 1. The van der Waals surface area contributed by atoms with Crippen LogP contribution in [0.3, 0.4) is 0 Å². The van der Waals surface area contributed by atoms with E-state index in [0.29, 0.717) is 38.1 Å². The van der Waals surface area contributed by atoms with Gasteiger partial charge in [0.2, 0.25) is 5.91 Å². The predicted octanol–water partition coefficient (Wildman–Crippen LogP) is 4.68. The van der Waals surface area contributed by atoms with Crippen molar-refractivity contribution in [2.75, 3.05) is 5.32 Å². The minimum absolute atomic E-state index is 0.172. The molecule has 0 radical (unpaired) electrons. The second-order valence-electron chi connectivity index (χ2n) is 6.93. The van der Waals surface area contributed by atoms with Gasteiger partial charge in [-0.15, -0.1) is 0 Å². The first-order chi connectivity index (χ1) is 15.5. The van der Waals surface area contributed by atoms with Crippen LogP contribution in [0.15, 0.2) is 75.2 Å². The highest BCUT2D eigenvalue weighted by Crippen LogP contribution is 2.26. The van der Waals surface area contributed by atoms with E-state index in [2.05, 4.69) is 16.4 Å². The van der Waals surface area contributed by atoms with Crippen molar-refractivity contribution in [1.82, 2.24) is 9.55 Å². The Kier molecular flexibility index (Phi) is 6.30. The first kappa shape index (κ1) is 21.7. The van der Waals surface area contributed by atoms with E-state index < -0.39 is 5.25 Å². The fourth-order valence-corrected chi connectivity index (χ4v) is 4.17. The molecule has 32 heavy (non-hydrogen) atoms. The molecule has 160 valence electrons. The minimum Gasteiger partial charge on any atom is -0.467 e. The van der Waals surface area contributed by atoms with Crippen molar-refractivity contribution in [3.05, 3.63) is 87.6 Å². The van der Waals surface area contributed by atoms with Crippen LogP contribution in [-0.4, -0.2) is 20.7 Å². The molecule has 0 aliphatic carbocycles. The average Bonchev–Trinajstić information content (AvgIpc) is 3.29. The van der Waals surface area contributed by atoms with Crippen LogP contribution in [0.1, 0.15) is 18.2 Å². The summed E-state index contributed by atoms with van der Waals surface area (Å²) in [5.74, 6) is 0.270. The highest BCUT2D eigenvalue weighted by molar-refractivity contribution is 8.00. The van der Waals surface area contributed by atoms with Crippen molar-refractivity contribution >= 4 is 45.9 Å². The van der Waals surface area contributed by atoms with Gasteiger partial charge in [-0.2, -0.15) is 5.26 Å². The van der Waals surface area contributed by atoms with Crippen LogP contribution < -0.4 is 10.9 Å². The summed E-state index contributed by atoms with van der Waals surface area (Å²) in [6.45, 7) is 1.88. The molecule has 1 amide bonds. The van der Waals surface area contributed by atoms with Crippen molar-refractivity contribution < 1.29 is 9.21 Å². The van der Waals surface area contributed by atoms with Gasteiger partial charge in [0.25, 0.3) is 5.56 Å². The SMILES string of the molecule is CC(Sc1nc2cc(Cl)ccc2c(=O)n1Cc1ccco1)C(=O)Nc1ccccc1C#N. The number of hydrogen-bond donors (Lipinski definition) is 1. The molecule has 1 atom stereocenters. The van der Waals surface area contributed by atoms with Gasteiger partial charge in [0, 0.05) is 5.02 Å². The number of fused-ring (bicyclic) bond motifs is 1. The van der Waals surface area contributed by atoms with Crippen LogP contribution in [0.2, 0.25) is 5.02 Å². The van der Waals surface area contributed by atoms with E-state index >= 15 is 0 Å². The quantitative estimate of drug-likeness (QED) is 0.328. The summed E-state index contributed by atoms with van der Waals surface area (Å²) in [6.07, 6.45) is 1.53. The Morgan fingerprint density at radius 1 is 1.28 bits per heavy atom.